The molecule has 3 heteroatoms. The van der Waals surface area contributed by atoms with E-state index >= 15 is 0 Å². The van der Waals surface area contributed by atoms with Crippen LogP contribution in [-0.4, -0.2) is 34.1 Å². The largest absolute Gasteiger partial charge is 0.394 e. The van der Waals surface area contributed by atoms with Gasteiger partial charge >= 0.3 is 0 Å². The van der Waals surface area contributed by atoms with Crippen molar-refractivity contribution in [1.82, 2.24) is 0 Å². The lowest BCUT2D eigenvalue weighted by Crippen LogP contribution is -2.36. The first-order valence-corrected chi connectivity index (χ1v) is 3.97. The molecule has 0 aliphatic rings. The molecule has 3 N–H and O–H groups in total. The average Bonchev–Trinajstić information content (AvgIpc) is 2.00. The molecule has 0 aromatic carbocycles. The van der Waals surface area contributed by atoms with E-state index in [0.717, 1.165) is 0 Å². The van der Waals surface area contributed by atoms with Gasteiger partial charge in [0.15, 0.2) is 0 Å². The van der Waals surface area contributed by atoms with E-state index in [-0.39, 0.29) is 12.5 Å². The second kappa shape index (κ2) is 4.70. The predicted octanol–water partition coefficient (Wildman–Crippen LogP) is -0.00740. The van der Waals surface area contributed by atoms with Gasteiger partial charge < -0.3 is 15.3 Å². The zero-order valence-electron chi connectivity index (χ0n) is 7.36. The highest BCUT2D eigenvalue weighted by molar-refractivity contribution is 4.74. The van der Waals surface area contributed by atoms with E-state index in [9.17, 15) is 5.11 Å². The zero-order valence-corrected chi connectivity index (χ0v) is 7.36. The Kier molecular flexibility index (Phi) is 4.65. The molecule has 0 bridgehead atoms. The molecule has 0 radical (unpaired) electrons. The first-order chi connectivity index (χ1) is 5.00. The Morgan fingerprint density at radius 2 is 1.55 bits per heavy atom. The molecule has 0 saturated heterocycles. The first kappa shape index (κ1) is 10.9. The molecule has 0 aromatic rings. The van der Waals surface area contributed by atoms with Crippen molar-refractivity contribution in [3.63, 3.8) is 0 Å². The second-order valence-electron chi connectivity index (χ2n) is 3.34. The maximum atomic E-state index is 9.35. The molecule has 11 heavy (non-hydrogen) atoms. The molecule has 3 unspecified atom stereocenters. The third-order valence-corrected chi connectivity index (χ3v) is 2.17. The Hall–Kier alpha value is -0.120. The summed E-state index contributed by atoms with van der Waals surface area (Å²) in [6.45, 7) is 5.42. The number of aliphatic hydroxyl groups excluding tert-OH is 3. The van der Waals surface area contributed by atoms with Crippen molar-refractivity contribution >= 4 is 0 Å². The van der Waals surface area contributed by atoms with E-state index in [1.807, 2.05) is 20.8 Å². The van der Waals surface area contributed by atoms with Gasteiger partial charge in [0.2, 0.25) is 0 Å². The molecule has 0 aliphatic heterocycles. The second-order valence-corrected chi connectivity index (χ2v) is 3.34. The SMILES string of the molecule is CC(C)C(C)C(O)C(O)CO. The normalized spacial score (nSPS) is 19.9. The summed E-state index contributed by atoms with van der Waals surface area (Å²) in [4.78, 5) is 0. The molecular formula is C8H18O3. The minimum absolute atomic E-state index is 0.0112. The quantitative estimate of drug-likeness (QED) is 0.545. The lowest BCUT2D eigenvalue weighted by Gasteiger charge is -2.25. The molecule has 3 nitrogen and oxygen atoms in total. The minimum Gasteiger partial charge on any atom is -0.394 e. The van der Waals surface area contributed by atoms with Crippen molar-refractivity contribution in [2.45, 2.75) is 33.0 Å². The van der Waals surface area contributed by atoms with Crippen molar-refractivity contribution < 1.29 is 15.3 Å². The number of hydrogen-bond acceptors (Lipinski definition) is 3. The van der Waals surface area contributed by atoms with Gasteiger partial charge in [0, 0.05) is 0 Å². The molecule has 68 valence electrons. The van der Waals surface area contributed by atoms with E-state index in [0.29, 0.717) is 5.92 Å². The highest BCUT2D eigenvalue weighted by Gasteiger charge is 2.24. The van der Waals surface area contributed by atoms with Gasteiger partial charge in [-0.1, -0.05) is 20.8 Å². The summed E-state index contributed by atoms with van der Waals surface area (Å²) in [5, 5.41) is 26.9. The molecule has 0 spiro atoms. The molecule has 0 rings (SSSR count). The summed E-state index contributed by atoms with van der Waals surface area (Å²) < 4.78 is 0. The van der Waals surface area contributed by atoms with Crippen LogP contribution >= 0.6 is 0 Å². The van der Waals surface area contributed by atoms with Crippen LogP contribution in [0.4, 0.5) is 0 Å². The number of aliphatic hydroxyl groups is 3. The fraction of sp³-hybridized carbons (Fsp3) is 1.00. The molecule has 0 saturated carbocycles. The summed E-state index contributed by atoms with van der Waals surface area (Å²) in [6.07, 6.45) is -1.83. The Morgan fingerprint density at radius 3 is 1.82 bits per heavy atom. The Morgan fingerprint density at radius 1 is 1.09 bits per heavy atom. The van der Waals surface area contributed by atoms with Crippen molar-refractivity contribution in [1.29, 1.82) is 0 Å². The van der Waals surface area contributed by atoms with Crippen LogP contribution in [0.15, 0.2) is 0 Å². The van der Waals surface area contributed by atoms with Crippen LogP contribution < -0.4 is 0 Å². The maximum absolute atomic E-state index is 9.35. The summed E-state index contributed by atoms with van der Waals surface area (Å²) in [5.74, 6) is 0.323. The van der Waals surface area contributed by atoms with E-state index in [2.05, 4.69) is 0 Å². The number of hydrogen-bond donors (Lipinski definition) is 3. The van der Waals surface area contributed by atoms with Crippen molar-refractivity contribution in [2.24, 2.45) is 11.8 Å². The smallest absolute Gasteiger partial charge is 0.103 e. The molecule has 0 aliphatic carbocycles. The summed E-state index contributed by atoms with van der Waals surface area (Å²) in [6, 6.07) is 0. The predicted molar refractivity (Wildman–Crippen MR) is 43.1 cm³/mol. The Balaban J connectivity index is 3.90. The summed E-state index contributed by atoms with van der Waals surface area (Å²) >= 11 is 0. The van der Waals surface area contributed by atoms with E-state index in [1.54, 1.807) is 0 Å². The van der Waals surface area contributed by atoms with Gasteiger partial charge in [-0.25, -0.2) is 0 Å². The lowest BCUT2D eigenvalue weighted by atomic mass is 9.89. The van der Waals surface area contributed by atoms with Gasteiger partial charge in [-0.15, -0.1) is 0 Å². The molecule has 0 heterocycles. The van der Waals surface area contributed by atoms with Crippen LogP contribution in [0.3, 0.4) is 0 Å². The van der Waals surface area contributed by atoms with E-state index < -0.39 is 12.2 Å². The average molecular weight is 162 g/mol. The van der Waals surface area contributed by atoms with Crippen molar-refractivity contribution in [3.8, 4) is 0 Å². The van der Waals surface area contributed by atoms with Crippen LogP contribution in [0.5, 0.6) is 0 Å². The highest BCUT2D eigenvalue weighted by atomic mass is 16.4. The van der Waals surface area contributed by atoms with E-state index in [4.69, 9.17) is 10.2 Å². The molecule has 3 atom stereocenters. The Bertz CT molecular complexity index is 104. The highest BCUT2D eigenvalue weighted by Crippen LogP contribution is 2.16. The van der Waals surface area contributed by atoms with E-state index in [1.165, 1.54) is 0 Å². The van der Waals surface area contributed by atoms with Gasteiger partial charge in [0.25, 0.3) is 0 Å². The molecule has 0 fully saturated rings. The summed E-state index contributed by atoms with van der Waals surface area (Å²) in [5.41, 5.74) is 0. The summed E-state index contributed by atoms with van der Waals surface area (Å²) in [7, 11) is 0. The van der Waals surface area contributed by atoms with Crippen LogP contribution in [0.25, 0.3) is 0 Å². The van der Waals surface area contributed by atoms with Gasteiger partial charge in [-0.2, -0.15) is 0 Å². The fourth-order valence-electron chi connectivity index (χ4n) is 0.853. The van der Waals surface area contributed by atoms with Gasteiger partial charge in [0.1, 0.15) is 6.10 Å². The monoisotopic (exact) mass is 162 g/mol. The third-order valence-electron chi connectivity index (χ3n) is 2.17. The van der Waals surface area contributed by atoms with Crippen LogP contribution in [0.2, 0.25) is 0 Å². The fourth-order valence-corrected chi connectivity index (χ4v) is 0.853. The van der Waals surface area contributed by atoms with Gasteiger partial charge in [-0.05, 0) is 11.8 Å². The van der Waals surface area contributed by atoms with Crippen LogP contribution in [0, 0.1) is 11.8 Å². The van der Waals surface area contributed by atoms with Crippen LogP contribution in [0.1, 0.15) is 20.8 Å². The van der Waals surface area contributed by atoms with Crippen LogP contribution in [-0.2, 0) is 0 Å². The molecular weight excluding hydrogens is 144 g/mol. The third kappa shape index (κ3) is 3.18. The standard InChI is InChI=1S/C8H18O3/c1-5(2)6(3)8(11)7(10)4-9/h5-11H,4H2,1-3H3. The zero-order chi connectivity index (χ0) is 9.02. The lowest BCUT2D eigenvalue weighted by molar-refractivity contribution is -0.0485. The van der Waals surface area contributed by atoms with Crippen molar-refractivity contribution in [2.75, 3.05) is 6.61 Å². The van der Waals surface area contributed by atoms with Gasteiger partial charge in [0.05, 0.1) is 12.7 Å². The topological polar surface area (TPSA) is 60.7 Å². The maximum Gasteiger partial charge on any atom is 0.103 e. The first-order valence-electron chi connectivity index (χ1n) is 3.97. The Labute approximate surface area is 67.7 Å². The number of rotatable bonds is 4. The van der Waals surface area contributed by atoms with Crippen molar-refractivity contribution in [3.05, 3.63) is 0 Å². The molecule has 0 amide bonds. The minimum atomic E-state index is -1.01. The molecule has 0 aromatic heterocycles. The van der Waals surface area contributed by atoms with Gasteiger partial charge in [-0.3, -0.25) is 0 Å².